The average molecular weight is 302 g/mol. The van der Waals surface area contributed by atoms with Crippen LogP contribution >= 0.6 is 11.6 Å². The van der Waals surface area contributed by atoms with Gasteiger partial charge in [0.25, 0.3) is 0 Å². The Morgan fingerprint density at radius 1 is 1.30 bits per heavy atom. The molecule has 1 aliphatic heterocycles. The van der Waals surface area contributed by atoms with Gasteiger partial charge in [-0.15, -0.1) is 0 Å². The average Bonchev–Trinajstić information content (AvgIpc) is 2.37. The largest absolute Gasteiger partial charge is 0.389 e. The summed E-state index contributed by atoms with van der Waals surface area (Å²) in [6, 6.07) is 0. The molecule has 0 aliphatic carbocycles. The van der Waals surface area contributed by atoms with E-state index >= 15 is 0 Å². The van der Waals surface area contributed by atoms with Crippen LogP contribution in [0.1, 0.15) is 13.8 Å². The molecule has 1 aromatic heterocycles. The summed E-state index contributed by atoms with van der Waals surface area (Å²) in [7, 11) is 1.81. The Balaban J connectivity index is 2.19. The maximum atomic E-state index is 9.86. The first-order chi connectivity index (χ1) is 9.35. The minimum absolute atomic E-state index is 0.152. The molecule has 1 fully saturated rings. The van der Waals surface area contributed by atoms with Crippen LogP contribution in [0, 0.1) is 0 Å². The molecule has 0 aromatic carbocycles. The van der Waals surface area contributed by atoms with Crippen LogP contribution in [0.4, 0.5) is 11.9 Å². The Hall–Kier alpha value is -1.18. The monoisotopic (exact) mass is 301 g/mol. The third-order valence-electron chi connectivity index (χ3n) is 2.84. The Morgan fingerprint density at radius 2 is 1.95 bits per heavy atom. The van der Waals surface area contributed by atoms with Gasteiger partial charge < -0.3 is 19.6 Å². The van der Waals surface area contributed by atoms with Crippen LogP contribution < -0.4 is 9.80 Å². The standard InChI is InChI=1S/C12H20ClN5O2/c1-12(2,19)8-17(3)10-14-9(13)15-11(16-10)18-4-6-20-7-5-18/h19H,4-8H2,1-3H3. The van der Waals surface area contributed by atoms with Gasteiger partial charge in [-0.05, 0) is 25.4 Å². The zero-order chi connectivity index (χ0) is 14.8. The highest BCUT2D eigenvalue weighted by Crippen LogP contribution is 2.18. The molecule has 112 valence electrons. The Bertz CT molecular complexity index is 460. The van der Waals surface area contributed by atoms with Gasteiger partial charge in [0.05, 0.1) is 18.8 Å². The van der Waals surface area contributed by atoms with Gasteiger partial charge in [0.15, 0.2) is 0 Å². The Morgan fingerprint density at radius 3 is 2.55 bits per heavy atom. The first kappa shape index (κ1) is 15.2. The minimum atomic E-state index is -0.840. The summed E-state index contributed by atoms with van der Waals surface area (Å²) in [4.78, 5) is 16.5. The molecule has 0 spiro atoms. The molecule has 0 amide bonds. The number of likely N-dealkylation sites (N-methyl/N-ethyl adjacent to an activating group) is 1. The molecule has 1 aromatic rings. The van der Waals surface area contributed by atoms with E-state index in [0.29, 0.717) is 31.7 Å². The van der Waals surface area contributed by atoms with E-state index in [1.807, 2.05) is 11.9 Å². The maximum Gasteiger partial charge on any atom is 0.231 e. The Kier molecular flexibility index (Phi) is 4.62. The van der Waals surface area contributed by atoms with Crippen LogP contribution in [0.5, 0.6) is 0 Å². The summed E-state index contributed by atoms with van der Waals surface area (Å²) in [5, 5.41) is 10.0. The zero-order valence-electron chi connectivity index (χ0n) is 12.0. The molecule has 1 saturated heterocycles. The van der Waals surface area contributed by atoms with Crippen LogP contribution in [-0.4, -0.2) is 65.6 Å². The predicted octanol–water partition coefficient (Wildman–Crippen LogP) is 0.569. The van der Waals surface area contributed by atoms with Crippen LogP contribution in [0.15, 0.2) is 0 Å². The van der Waals surface area contributed by atoms with Gasteiger partial charge in [-0.25, -0.2) is 0 Å². The Labute approximate surface area is 123 Å². The molecule has 0 saturated carbocycles. The van der Waals surface area contributed by atoms with Crippen molar-refractivity contribution in [3.05, 3.63) is 5.28 Å². The number of morpholine rings is 1. The number of rotatable bonds is 4. The number of anilines is 2. The number of nitrogens with zero attached hydrogens (tertiary/aromatic N) is 5. The second kappa shape index (κ2) is 6.07. The number of halogens is 1. The van der Waals surface area contributed by atoms with E-state index in [0.717, 1.165) is 13.1 Å². The molecule has 7 nitrogen and oxygen atoms in total. The summed E-state index contributed by atoms with van der Waals surface area (Å²) < 4.78 is 5.31. The van der Waals surface area contributed by atoms with Crippen molar-refractivity contribution in [3.8, 4) is 0 Å². The molecule has 2 rings (SSSR count). The van der Waals surface area contributed by atoms with Crippen molar-refractivity contribution in [1.82, 2.24) is 15.0 Å². The first-order valence-electron chi connectivity index (χ1n) is 6.53. The first-order valence-corrected chi connectivity index (χ1v) is 6.91. The van der Waals surface area contributed by atoms with Crippen molar-refractivity contribution >= 4 is 23.5 Å². The van der Waals surface area contributed by atoms with E-state index in [4.69, 9.17) is 16.3 Å². The predicted molar refractivity (Wildman–Crippen MR) is 77.4 cm³/mol. The van der Waals surface area contributed by atoms with E-state index in [1.54, 1.807) is 18.7 Å². The van der Waals surface area contributed by atoms with Crippen LogP contribution in [0.2, 0.25) is 5.28 Å². The molecule has 2 heterocycles. The zero-order valence-corrected chi connectivity index (χ0v) is 12.8. The minimum Gasteiger partial charge on any atom is -0.389 e. The van der Waals surface area contributed by atoms with E-state index in [-0.39, 0.29) is 5.28 Å². The lowest BCUT2D eigenvalue weighted by atomic mass is 10.1. The lowest BCUT2D eigenvalue weighted by molar-refractivity contribution is 0.0882. The number of ether oxygens (including phenoxy) is 1. The van der Waals surface area contributed by atoms with Crippen molar-refractivity contribution in [2.75, 3.05) is 49.7 Å². The summed E-state index contributed by atoms with van der Waals surface area (Å²) in [6.45, 7) is 6.63. The van der Waals surface area contributed by atoms with Crippen LogP contribution in [0.25, 0.3) is 0 Å². The fourth-order valence-corrected chi connectivity index (χ4v) is 2.21. The van der Waals surface area contributed by atoms with Gasteiger partial charge in [-0.1, -0.05) is 0 Å². The highest BCUT2D eigenvalue weighted by atomic mass is 35.5. The fraction of sp³-hybridized carbons (Fsp3) is 0.750. The molecule has 8 heteroatoms. The van der Waals surface area contributed by atoms with Crippen molar-refractivity contribution in [2.24, 2.45) is 0 Å². The maximum absolute atomic E-state index is 9.86. The summed E-state index contributed by atoms with van der Waals surface area (Å²) in [6.07, 6.45) is 0. The lowest BCUT2D eigenvalue weighted by Crippen LogP contribution is -2.39. The molecule has 0 radical (unpaired) electrons. The van der Waals surface area contributed by atoms with Crippen molar-refractivity contribution in [1.29, 1.82) is 0 Å². The third-order valence-corrected chi connectivity index (χ3v) is 3.01. The van der Waals surface area contributed by atoms with E-state index < -0.39 is 5.60 Å². The lowest BCUT2D eigenvalue weighted by Gasteiger charge is -2.29. The smallest absolute Gasteiger partial charge is 0.231 e. The van der Waals surface area contributed by atoms with Crippen molar-refractivity contribution < 1.29 is 9.84 Å². The fourth-order valence-electron chi connectivity index (χ4n) is 2.06. The molecule has 1 aliphatic rings. The second-order valence-electron chi connectivity index (χ2n) is 5.47. The molecule has 0 unspecified atom stereocenters. The second-order valence-corrected chi connectivity index (χ2v) is 5.81. The van der Waals surface area contributed by atoms with Crippen LogP contribution in [0.3, 0.4) is 0 Å². The van der Waals surface area contributed by atoms with E-state index in [9.17, 15) is 5.11 Å². The molecule has 0 atom stereocenters. The van der Waals surface area contributed by atoms with E-state index in [1.165, 1.54) is 0 Å². The van der Waals surface area contributed by atoms with Gasteiger partial charge in [0.2, 0.25) is 17.2 Å². The molecular weight excluding hydrogens is 282 g/mol. The van der Waals surface area contributed by atoms with Gasteiger partial charge in [-0.2, -0.15) is 15.0 Å². The normalized spacial score (nSPS) is 16.4. The van der Waals surface area contributed by atoms with E-state index in [2.05, 4.69) is 15.0 Å². The molecular formula is C12H20ClN5O2. The number of hydrogen-bond donors (Lipinski definition) is 1. The quantitative estimate of drug-likeness (QED) is 0.871. The highest BCUT2D eigenvalue weighted by Gasteiger charge is 2.21. The van der Waals surface area contributed by atoms with Gasteiger partial charge in [0, 0.05) is 26.7 Å². The number of aliphatic hydroxyl groups is 1. The summed E-state index contributed by atoms with van der Waals surface area (Å²) >= 11 is 5.98. The number of hydrogen-bond acceptors (Lipinski definition) is 7. The highest BCUT2D eigenvalue weighted by molar-refractivity contribution is 6.28. The third kappa shape index (κ3) is 4.16. The van der Waals surface area contributed by atoms with Gasteiger partial charge in [0.1, 0.15) is 0 Å². The van der Waals surface area contributed by atoms with Gasteiger partial charge >= 0.3 is 0 Å². The van der Waals surface area contributed by atoms with Crippen molar-refractivity contribution in [2.45, 2.75) is 19.4 Å². The number of aromatic nitrogens is 3. The topological polar surface area (TPSA) is 74.6 Å². The molecule has 0 bridgehead atoms. The van der Waals surface area contributed by atoms with Gasteiger partial charge in [-0.3, -0.25) is 0 Å². The molecule has 20 heavy (non-hydrogen) atoms. The SMILES string of the molecule is CN(CC(C)(C)O)c1nc(Cl)nc(N2CCOCC2)n1. The summed E-state index contributed by atoms with van der Waals surface area (Å²) in [5.74, 6) is 1.000. The van der Waals surface area contributed by atoms with Crippen LogP contribution in [-0.2, 0) is 4.74 Å². The molecule has 1 N–H and O–H groups in total. The van der Waals surface area contributed by atoms with Crippen molar-refractivity contribution in [3.63, 3.8) is 0 Å². The summed E-state index contributed by atoms with van der Waals surface area (Å²) in [5.41, 5.74) is -0.840.